The molecule has 0 fully saturated rings. The van der Waals surface area contributed by atoms with Crippen LogP contribution in [0.25, 0.3) is 0 Å². The second-order valence-corrected chi connectivity index (χ2v) is 11.2. The number of nitrogens with zero attached hydrogens (tertiary/aromatic N) is 1. The van der Waals surface area contributed by atoms with Gasteiger partial charge in [0.05, 0.1) is 12.8 Å². The molecule has 0 bridgehead atoms. The summed E-state index contributed by atoms with van der Waals surface area (Å²) in [6, 6.07) is 11.7. The average molecular weight is 556 g/mol. The number of aromatic nitrogens is 1. The number of carbonyl (C=O) groups excluding carboxylic acids is 2. The van der Waals surface area contributed by atoms with Gasteiger partial charge in [-0.25, -0.2) is 4.98 Å². The summed E-state index contributed by atoms with van der Waals surface area (Å²) in [5.41, 5.74) is 0.722. The van der Waals surface area contributed by atoms with E-state index in [0.29, 0.717) is 30.8 Å². The van der Waals surface area contributed by atoms with Gasteiger partial charge in [-0.3, -0.25) is 9.59 Å². The predicted octanol–water partition coefficient (Wildman–Crippen LogP) is 5.50. The van der Waals surface area contributed by atoms with Gasteiger partial charge in [0.25, 0.3) is 0 Å². The largest absolute Gasteiger partial charge is 0.494 e. The molecule has 2 rings (SSSR count). The number of carbonyl (C=O) groups is 2. The molecule has 40 heavy (non-hydrogen) atoms. The molecule has 1 aromatic heterocycles. The Morgan fingerprint density at radius 2 is 1.55 bits per heavy atom. The molecule has 1 heterocycles. The minimum absolute atomic E-state index is 0.0419. The van der Waals surface area contributed by atoms with E-state index >= 15 is 0 Å². The van der Waals surface area contributed by atoms with Crippen LogP contribution >= 0.6 is 0 Å². The monoisotopic (exact) mass is 555 g/mol. The molecule has 0 saturated carbocycles. The molecule has 2 aromatic rings. The van der Waals surface area contributed by atoms with Crippen molar-refractivity contribution >= 4 is 11.6 Å². The van der Waals surface area contributed by atoms with Gasteiger partial charge in [-0.1, -0.05) is 34.6 Å². The quantitative estimate of drug-likeness (QED) is 0.163. The van der Waals surface area contributed by atoms with Gasteiger partial charge in [0.1, 0.15) is 24.2 Å². The van der Waals surface area contributed by atoms with Crippen molar-refractivity contribution in [2.75, 3.05) is 26.3 Å². The Balaban J connectivity index is 1.66. The van der Waals surface area contributed by atoms with Crippen molar-refractivity contribution < 1.29 is 23.8 Å². The smallest absolute Gasteiger partial charge is 0.213 e. The maximum absolute atomic E-state index is 12.9. The average Bonchev–Trinajstić information content (AvgIpc) is 2.93. The first-order valence-electron chi connectivity index (χ1n) is 14.6. The molecule has 0 aliphatic rings. The third-order valence-electron chi connectivity index (χ3n) is 6.57. The highest BCUT2D eigenvalue weighted by molar-refractivity contribution is 5.97. The molecule has 222 valence electrons. The van der Waals surface area contributed by atoms with Crippen LogP contribution in [0.15, 0.2) is 42.6 Å². The first kappa shape index (κ1) is 33.2. The molecule has 8 heteroatoms. The van der Waals surface area contributed by atoms with Gasteiger partial charge in [-0.2, -0.15) is 0 Å². The molecular weight excluding hydrogens is 506 g/mol. The minimum atomic E-state index is -0.0875. The van der Waals surface area contributed by atoms with Crippen molar-refractivity contribution in [2.24, 2.45) is 11.8 Å². The van der Waals surface area contributed by atoms with E-state index in [1.807, 2.05) is 52.0 Å². The molecule has 0 aliphatic heterocycles. The molecule has 0 aliphatic carbocycles. The van der Waals surface area contributed by atoms with Crippen molar-refractivity contribution in [1.29, 1.82) is 0 Å². The number of hydrogen-bond acceptors (Lipinski definition) is 8. The van der Waals surface area contributed by atoms with Crippen LogP contribution in [0.2, 0.25) is 0 Å². The molecule has 2 unspecified atom stereocenters. The standard InChI is InChI=1S/C32H49N3O5/c1-22(2)30(36)21-39-29-15-16-31(35-20-29)40-26(7)19-34-25(6)10-9-24(5)32(37)27-11-13-28(14-12-27)38-18-8-17-33-23(3)4/h11-16,20,22-26,33-34H,8-10,17-19,21H2,1-7H3/t24?,25?,26-/m1/s1. The summed E-state index contributed by atoms with van der Waals surface area (Å²) in [6.45, 7) is 16.3. The topological polar surface area (TPSA) is 98.8 Å². The Morgan fingerprint density at radius 1 is 0.850 bits per heavy atom. The number of benzene rings is 1. The molecule has 0 radical (unpaired) electrons. The summed E-state index contributed by atoms with van der Waals surface area (Å²) in [6.07, 6.45) is 4.10. The SMILES string of the molecule is CC(C)NCCCOc1ccc(C(=O)C(C)CCC(C)NC[C@@H](C)Oc2ccc(OCC(=O)C(C)C)cn2)cc1. The van der Waals surface area contributed by atoms with E-state index in [1.165, 1.54) is 0 Å². The Kier molecular flexibility index (Phi) is 14.7. The van der Waals surface area contributed by atoms with E-state index in [-0.39, 0.29) is 42.2 Å². The maximum Gasteiger partial charge on any atom is 0.213 e. The van der Waals surface area contributed by atoms with E-state index < -0.39 is 0 Å². The summed E-state index contributed by atoms with van der Waals surface area (Å²) in [5, 5.41) is 6.86. The van der Waals surface area contributed by atoms with Crippen molar-refractivity contribution in [3.8, 4) is 17.4 Å². The minimum Gasteiger partial charge on any atom is -0.494 e. The fraction of sp³-hybridized carbons (Fsp3) is 0.594. The summed E-state index contributed by atoms with van der Waals surface area (Å²) in [5.74, 6) is 1.92. The number of ketones is 2. The van der Waals surface area contributed by atoms with E-state index in [1.54, 1.807) is 18.3 Å². The van der Waals surface area contributed by atoms with Crippen molar-refractivity contribution in [2.45, 2.75) is 85.9 Å². The highest BCUT2D eigenvalue weighted by Crippen LogP contribution is 2.19. The maximum atomic E-state index is 12.9. The van der Waals surface area contributed by atoms with Gasteiger partial charge in [-0.05, 0) is 70.0 Å². The molecule has 1 aromatic carbocycles. The Labute approximate surface area is 240 Å². The van der Waals surface area contributed by atoms with Crippen LogP contribution in [0, 0.1) is 11.8 Å². The number of pyridine rings is 1. The Hall–Kier alpha value is -2.97. The van der Waals surface area contributed by atoms with Gasteiger partial charge in [-0.15, -0.1) is 0 Å². The lowest BCUT2D eigenvalue weighted by Gasteiger charge is -2.20. The molecular formula is C32H49N3O5. The zero-order valence-electron chi connectivity index (χ0n) is 25.4. The van der Waals surface area contributed by atoms with Crippen LogP contribution in [-0.4, -0.2) is 61.0 Å². The summed E-state index contributed by atoms with van der Waals surface area (Å²) >= 11 is 0. The van der Waals surface area contributed by atoms with E-state index in [9.17, 15) is 9.59 Å². The van der Waals surface area contributed by atoms with E-state index in [2.05, 4.69) is 36.4 Å². The molecule has 0 saturated heterocycles. The molecule has 2 N–H and O–H groups in total. The van der Waals surface area contributed by atoms with Gasteiger partial charge >= 0.3 is 0 Å². The zero-order valence-corrected chi connectivity index (χ0v) is 25.4. The van der Waals surface area contributed by atoms with Crippen LogP contribution < -0.4 is 24.8 Å². The van der Waals surface area contributed by atoms with E-state index in [0.717, 1.165) is 37.1 Å². The van der Waals surface area contributed by atoms with Gasteiger partial charge in [0.2, 0.25) is 5.88 Å². The van der Waals surface area contributed by atoms with Crippen LogP contribution in [-0.2, 0) is 4.79 Å². The van der Waals surface area contributed by atoms with Crippen molar-refractivity contribution in [1.82, 2.24) is 15.6 Å². The highest BCUT2D eigenvalue weighted by Gasteiger charge is 2.17. The lowest BCUT2D eigenvalue weighted by molar-refractivity contribution is -0.123. The van der Waals surface area contributed by atoms with Crippen molar-refractivity contribution in [3.05, 3.63) is 48.2 Å². The zero-order chi connectivity index (χ0) is 29.5. The number of hydrogen-bond donors (Lipinski definition) is 2. The second kappa shape index (κ2) is 17.7. The summed E-state index contributed by atoms with van der Waals surface area (Å²) in [7, 11) is 0. The number of ether oxygens (including phenoxy) is 3. The highest BCUT2D eigenvalue weighted by atomic mass is 16.5. The van der Waals surface area contributed by atoms with Crippen molar-refractivity contribution in [3.63, 3.8) is 0 Å². The second-order valence-electron chi connectivity index (χ2n) is 11.2. The Morgan fingerprint density at radius 3 is 2.17 bits per heavy atom. The molecule has 0 amide bonds. The number of nitrogens with one attached hydrogen (secondary N) is 2. The van der Waals surface area contributed by atoms with Crippen LogP contribution in [0.4, 0.5) is 0 Å². The Bertz CT molecular complexity index is 1010. The fourth-order valence-corrected chi connectivity index (χ4v) is 3.84. The predicted molar refractivity (Wildman–Crippen MR) is 160 cm³/mol. The lowest BCUT2D eigenvalue weighted by Crippen LogP contribution is -2.35. The molecule has 3 atom stereocenters. The summed E-state index contributed by atoms with van der Waals surface area (Å²) in [4.78, 5) is 28.9. The molecule has 8 nitrogen and oxygen atoms in total. The van der Waals surface area contributed by atoms with Gasteiger partial charge in [0, 0.05) is 42.1 Å². The number of rotatable bonds is 20. The fourth-order valence-electron chi connectivity index (χ4n) is 3.84. The first-order chi connectivity index (χ1) is 19.0. The van der Waals surface area contributed by atoms with Gasteiger partial charge < -0.3 is 24.8 Å². The van der Waals surface area contributed by atoms with Crippen LogP contribution in [0.1, 0.15) is 78.1 Å². The van der Waals surface area contributed by atoms with Gasteiger partial charge in [0.15, 0.2) is 11.6 Å². The lowest BCUT2D eigenvalue weighted by atomic mass is 9.93. The third kappa shape index (κ3) is 12.9. The molecule has 0 spiro atoms. The van der Waals surface area contributed by atoms with Crippen LogP contribution in [0.3, 0.4) is 0 Å². The van der Waals surface area contributed by atoms with E-state index in [4.69, 9.17) is 14.2 Å². The normalized spacial score (nSPS) is 13.6. The number of Topliss-reactive ketones (excluding diaryl/α,β-unsaturated/α-hetero) is 2. The van der Waals surface area contributed by atoms with Crippen LogP contribution in [0.5, 0.6) is 17.4 Å². The summed E-state index contributed by atoms with van der Waals surface area (Å²) < 4.78 is 17.2. The third-order valence-corrected chi connectivity index (χ3v) is 6.57. The first-order valence-corrected chi connectivity index (χ1v) is 14.6.